The largest absolute Gasteiger partial charge is 0.489 e. The lowest BCUT2D eigenvalue weighted by molar-refractivity contribution is -0.130. The van der Waals surface area contributed by atoms with Gasteiger partial charge in [0.1, 0.15) is 24.2 Å². The summed E-state index contributed by atoms with van der Waals surface area (Å²) in [4.78, 5) is 31.5. The van der Waals surface area contributed by atoms with Crippen molar-refractivity contribution < 1.29 is 18.7 Å². The highest BCUT2D eigenvalue weighted by atomic mass is 35.5. The molecule has 5 rings (SSSR count). The van der Waals surface area contributed by atoms with Gasteiger partial charge in [0.05, 0.1) is 12.6 Å². The molecule has 0 bridgehead atoms. The molecular weight excluding hydrogens is 638 g/mol. The Hall–Kier alpha value is -3.95. The van der Waals surface area contributed by atoms with Gasteiger partial charge in [0.15, 0.2) is 0 Å². The van der Waals surface area contributed by atoms with Gasteiger partial charge in [-0.2, -0.15) is 0 Å². The Balaban J connectivity index is 1.26. The van der Waals surface area contributed by atoms with Crippen molar-refractivity contribution in [1.29, 1.82) is 0 Å². The summed E-state index contributed by atoms with van der Waals surface area (Å²) in [7, 11) is 2.08. The monoisotopic (exact) mass is 676 g/mol. The molecule has 1 aliphatic heterocycles. The van der Waals surface area contributed by atoms with Gasteiger partial charge in [-0.15, -0.1) is 0 Å². The molecule has 1 heterocycles. The van der Waals surface area contributed by atoms with Gasteiger partial charge in [-0.05, 0) is 61.0 Å². The summed E-state index contributed by atoms with van der Waals surface area (Å²) in [5, 5.41) is 7.00. The van der Waals surface area contributed by atoms with Gasteiger partial charge < -0.3 is 20.3 Å². The second-order valence-electron chi connectivity index (χ2n) is 11.8. The Bertz CT molecular complexity index is 1640. The number of nitrogens with one attached hydrogen (secondary N) is 2. The number of piperazine rings is 1. The fourth-order valence-corrected chi connectivity index (χ4v) is 5.92. The van der Waals surface area contributed by atoms with Crippen molar-refractivity contribution in [3.8, 4) is 16.9 Å². The van der Waals surface area contributed by atoms with Crippen LogP contribution in [0.15, 0.2) is 91.0 Å². The van der Waals surface area contributed by atoms with Crippen LogP contribution in [0.1, 0.15) is 29.5 Å². The Morgan fingerprint density at radius 1 is 0.872 bits per heavy atom. The van der Waals surface area contributed by atoms with Crippen LogP contribution < -0.4 is 15.4 Å². The molecule has 0 aliphatic carbocycles. The summed E-state index contributed by atoms with van der Waals surface area (Å²) >= 11 is 12.5. The zero-order valence-corrected chi connectivity index (χ0v) is 28.0. The van der Waals surface area contributed by atoms with Gasteiger partial charge in [0, 0.05) is 53.8 Å². The fourth-order valence-electron chi connectivity index (χ4n) is 5.41. The third-order valence-corrected chi connectivity index (χ3v) is 9.19. The molecule has 0 spiro atoms. The van der Waals surface area contributed by atoms with Crippen molar-refractivity contribution >= 4 is 35.0 Å². The molecule has 0 aromatic heterocycles. The van der Waals surface area contributed by atoms with E-state index in [2.05, 4.69) is 27.5 Å². The molecule has 2 N–H and O–H groups in total. The lowest BCUT2D eigenvalue weighted by Gasteiger charge is -2.32. The van der Waals surface area contributed by atoms with Crippen molar-refractivity contribution in [1.82, 2.24) is 20.4 Å². The molecule has 10 heteroatoms. The van der Waals surface area contributed by atoms with Crippen LogP contribution in [0.3, 0.4) is 0 Å². The first kappa shape index (κ1) is 34.4. The average Bonchev–Trinajstić information content (AvgIpc) is 3.08. The summed E-state index contributed by atoms with van der Waals surface area (Å²) in [5.41, 5.74) is 3.28. The SMILES string of the molecule is CC(C(=O)N[C@@H](Cc1ccc(OCc2c(Cl)cccc2Cl)cc1)C(=O)NCN1CCN(C)CC1)c1ccc(-c2ccccc2)c(F)c1. The van der Waals surface area contributed by atoms with Crippen LogP contribution in [-0.2, 0) is 22.6 Å². The van der Waals surface area contributed by atoms with E-state index < -0.39 is 17.8 Å². The number of likely N-dealkylation sites (N-methyl/N-ethyl adjacent to an activating group) is 1. The molecule has 0 radical (unpaired) electrons. The molecule has 47 heavy (non-hydrogen) atoms. The maximum Gasteiger partial charge on any atom is 0.243 e. The number of hydrogen-bond acceptors (Lipinski definition) is 5. The van der Waals surface area contributed by atoms with Crippen molar-refractivity contribution in [2.45, 2.75) is 31.9 Å². The number of rotatable bonds is 12. The number of nitrogens with zero attached hydrogens (tertiary/aromatic N) is 2. The Labute approximate surface area is 285 Å². The van der Waals surface area contributed by atoms with Crippen LogP contribution in [0.5, 0.6) is 5.75 Å². The molecule has 7 nitrogen and oxygen atoms in total. The lowest BCUT2D eigenvalue weighted by atomic mass is 9.95. The highest BCUT2D eigenvalue weighted by Crippen LogP contribution is 2.28. The molecule has 0 saturated carbocycles. The van der Waals surface area contributed by atoms with Crippen LogP contribution in [0.25, 0.3) is 11.1 Å². The minimum absolute atomic E-state index is 0.204. The molecule has 1 aliphatic rings. The molecule has 2 amide bonds. The average molecular weight is 678 g/mol. The topological polar surface area (TPSA) is 73.9 Å². The molecule has 4 aromatic rings. The minimum atomic E-state index is -0.848. The van der Waals surface area contributed by atoms with Crippen LogP contribution >= 0.6 is 23.2 Å². The highest BCUT2D eigenvalue weighted by Gasteiger charge is 2.26. The van der Waals surface area contributed by atoms with Crippen LogP contribution in [0.4, 0.5) is 4.39 Å². The van der Waals surface area contributed by atoms with Gasteiger partial charge in [0.2, 0.25) is 11.8 Å². The van der Waals surface area contributed by atoms with E-state index in [9.17, 15) is 9.59 Å². The standard InChI is InChI=1S/C37H39Cl2FN4O3/c1-25(28-13-16-30(34(40)22-28)27-7-4-3-5-8-27)36(45)42-35(37(46)41-24-44-19-17-43(2)18-20-44)21-26-11-14-29(15-12-26)47-23-31-32(38)9-6-10-33(31)39/h3-16,22,25,35H,17-21,23-24H2,1-2H3,(H,41,46)(H,42,45)/t25?,35-/m0/s1. The summed E-state index contributed by atoms with van der Waals surface area (Å²) < 4.78 is 21.0. The molecule has 246 valence electrons. The van der Waals surface area contributed by atoms with Gasteiger partial charge in [-0.25, -0.2) is 4.39 Å². The smallest absolute Gasteiger partial charge is 0.243 e. The maximum atomic E-state index is 15.1. The molecule has 4 aromatic carbocycles. The first-order valence-electron chi connectivity index (χ1n) is 15.7. The fraction of sp³-hybridized carbons (Fsp3) is 0.297. The van der Waals surface area contributed by atoms with E-state index in [-0.39, 0.29) is 24.8 Å². The van der Waals surface area contributed by atoms with E-state index in [4.69, 9.17) is 27.9 Å². The van der Waals surface area contributed by atoms with Gasteiger partial charge in [-0.3, -0.25) is 14.5 Å². The third-order valence-electron chi connectivity index (χ3n) is 8.49. The number of halogens is 3. The first-order chi connectivity index (χ1) is 22.7. The first-order valence-corrected chi connectivity index (χ1v) is 16.4. The van der Waals surface area contributed by atoms with Crippen molar-refractivity contribution in [2.75, 3.05) is 39.9 Å². The molecule has 1 unspecified atom stereocenters. The predicted octanol–water partition coefficient (Wildman–Crippen LogP) is 6.53. The predicted molar refractivity (Wildman–Crippen MR) is 185 cm³/mol. The van der Waals surface area contributed by atoms with Gasteiger partial charge in [0.25, 0.3) is 0 Å². The summed E-state index contributed by atoms with van der Waals surface area (Å²) in [6.07, 6.45) is 0.255. The zero-order valence-electron chi connectivity index (χ0n) is 26.5. The quantitative estimate of drug-likeness (QED) is 0.179. The number of hydrogen-bond donors (Lipinski definition) is 2. The molecule has 1 fully saturated rings. The highest BCUT2D eigenvalue weighted by molar-refractivity contribution is 6.35. The zero-order chi connectivity index (χ0) is 33.3. The lowest BCUT2D eigenvalue weighted by Crippen LogP contribution is -2.53. The van der Waals surface area contributed by atoms with E-state index in [0.29, 0.717) is 39.2 Å². The summed E-state index contributed by atoms with van der Waals surface area (Å²) in [6, 6.07) is 25.9. The number of ether oxygens (including phenoxy) is 1. The molecular formula is C37H39Cl2FN4O3. The normalized spacial score (nSPS) is 15.1. The Morgan fingerprint density at radius 3 is 2.21 bits per heavy atom. The summed E-state index contributed by atoms with van der Waals surface area (Å²) in [6.45, 7) is 5.83. The van der Waals surface area contributed by atoms with Crippen LogP contribution in [0.2, 0.25) is 10.0 Å². The Kier molecular flexibility index (Phi) is 11.9. The number of benzene rings is 4. The van der Waals surface area contributed by atoms with Crippen molar-refractivity contribution in [2.24, 2.45) is 0 Å². The van der Waals surface area contributed by atoms with Crippen molar-refractivity contribution in [3.05, 3.63) is 124 Å². The van der Waals surface area contributed by atoms with E-state index in [1.165, 1.54) is 6.07 Å². The van der Waals surface area contributed by atoms with E-state index in [1.807, 2.05) is 42.5 Å². The Morgan fingerprint density at radius 2 is 1.55 bits per heavy atom. The maximum absolute atomic E-state index is 15.1. The van der Waals surface area contributed by atoms with Gasteiger partial charge in [-0.1, -0.05) is 83.9 Å². The van der Waals surface area contributed by atoms with E-state index in [1.54, 1.807) is 49.4 Å². The minimum Gasteiger partial charge on any atom is -0.489 e. The third kappa shape index (κ3) is 9.32. The molecule has 2 atom stereocenters. The summed E-state index contributed by atoms with van der Waals surface area (Å²) in [5.74, 6) is -1.14. The van der Waals surface area contributed by atoms with Crippen LogP contribution in [0, 0.1) is 5.82 Å². The van der Waals surface area contributed by atoms with E-state index in [0.717, 1.165) is 37.3 Å². The van der Waals surface area contributed by atoms with Crippen LogP contribution in [-0.4, -0.2) is 67.6 Å². The molecule has 1 saturated heterocycles. The number of amides is 2. The number of carbonyl (C=O) groups is 2. The van der Waals surface area contributed by atoms with Gasteiger partial charge >= 0.3 is 0 Å². The second-order valence-corrected chi connectivity index (χ2v) is 12.7. The second kappa shape index (κ2) is 16.2. The van der Waals surface area contributed by atoms with E-state index >= 15 is 4.39 Å². The van der Waals surface area contributed by atoms with Crippen molar-refractivity contribution in [3.63, 3.8) is 0 Å². The number of carbonyl (C=O) groups excluding carboxylic acids is 2.